The fourth-order valence-electron chi connectivity index (χ4n) is 3.52. The Hall–Kier alpha value is -3.09. The summed E-state index contributed by atoms with van der Waals surface area (Å²) < 4.78 is 47.4. The number of hydrogen-bond donors (Lipinski definition) is 1. The van der Waals surface area contributed by atoms with Gasteiger partial charge in [-0.2, -0.15) is 13.2 Å². The Morgan fingerprint density at radius 1 is 1.03 bits per heavy atom. The molecule has 0 saturated heterocycles. The molecule has 3 aromatic rings. The number of nitrogens with zero attached hydrogens (tertiary/aromatic N) is 2. The Morgan fingerprint density at radius 3 is 2.45 bits per heavy atom. The lowest BCUT2D eigenvalue weighted by atomic mass is 9.96. The lowest BCUT2D eigenvalue weighted by Crippen LogP contribution is -2.17. The number of methoxy groups -OCH3 is 1. The third-order valence-electron chi connectivity index (χ3n) is 5.16. The number of ether oxygens (including phenoxy) is 1. The van der Waals surface area contributed by atoms with Crippen LogP contribution in [-0.4, -0.2) is 23.6 Å². The summed E-state index contributed by atoms with van der Waals surface area (Å²) in [5.41, 5.74) is 2.11. The molecule has 1 N–H and O–H groups in total. The van der Waals surface area contributed by atoms with Crippen LogP contribution >= 0.6 is 0 Å². The second kappa shape index (κ2) is 9.81. The van der Waals surface area contributed by atoms with Crippen LogP contribution in [0.3, 0.4) is 0 Å². The summed E-state index contributed by atoms with van der Waals surface area (Å²) in [4.78, 5) is 8.22. The number of halogens is 3. The molecule has 4 nitrogen and oxygen atoms in total. The Labute approximate surface area is 180 Å². The van der Waals surface area contributed by atoms with Gasteiger partial charge in [-0.25, -0.2) is 9.97 Å². The van der Waals surface area contributed by atoms with Crippen molar-refractivity contribution in [2.24, 2.45) is 0 Å². The van der Waals surface area contributed by atoms with E-state index >= 15 is 0 Å². The van der Waals surface area contributed by atoms with Crippen molar-refractivity contribution in [3.05, 3.63) is 71.0 Å². The van der Waals surface area contributed by atoms with E-state index in [1.807, 2.05) is 38.1 Å². The molecule has 2 heterocycles. The fraction of sp³-hybridized carbons (Fsp3) is 0.333. The monoisotopic (exact) mass is 429 g/mol. The molecule has 7 heteroatoms. The van der Waals surface area contributed by atoms with Crippen LogP contribution in [0.25, 0.3) is 11.3 Å². The summed E-state index contributed by atoms with van der Waals surface area (Å²) in [5, 5.41) is 3.04. The smallest absolute Gasteiger partial charge is 0.433 e. The Balaban J connectivity index is 2.03. The molecule has 3 rings (SSSR count). The number of nitrogens with one attached hydrogen (secondary N) is 1. The highest BCUT2D eigenvalue weighted by molar-refractivity contribution is 5.67. The summed E-state index contributed by atoms with van der Waals surface area (Å²) >= 11 is 0. The van der Waals surface area contributed by atoms with Gasteiger partial charge in [0.05, 0.1) is 12.8 Å². The number of rotatable bonds is 8. The molecule has 0 atom stereocenters. The van der Waals surface area contributed by atoms with Gasteiger partial charge >= 0.3 is 6.18 Å². The molecule has 0 bridgehead atoms. The maximum atomic E-state index is 14.0. The molecule has 31 heavy (non-hydrogen) atoms. The van der Waals surface area contributed by atoms with E-state index < -0.39 is 11.9 Å². The number of benzene rings is 1. The topological polar surface area (TPSA) is 47.0 Å². The van der Waals surface area contributed by atoms with E-state index in [9.17, 15) is 13.2 Å². The average molecular weight is 429 g/mol. The van der Waals surface area contributed by atoms with E-state index in [0.717, 1.165) is 17.5 Å². The highest BCUT2D eigenvalue weighted by Gasteiger charge is 2.37. The quantitative estimate of drug-likeness (QED) is 0.481. The molecule has 0 unspecified atom stereocenters. The normalized spacial score (nSPS) is 11.4. The predicted octanol–water partition coefficient (Wildman–Crippen LogP) is 5.95. The first-order valence-corrected chi connectivity index (χ1v) is 10.3. The highest BCUT2D eigenvalue weighted by Crippen LogP contribution is 2.38. The van der Waals surface area contributed by atoms with E-state index in [1.165, 1.54) is 7.11 Å². The van der Waals surface area contributed by atoms with Crippen molar-refractivity contribution in [3.8, 4) is 17.0 Å². The molecular weight excluding hydrogens is 403 g/mol. The van der Waals surface area contributed by atoms with E-state index in [2.05, 4.69) is 15.3 Å². The third kappa shape index (κ3) is 5.34. The number of pyridine rings is 2. The van der Waals surface area contributed by atoms with Crippen LogP contribution < -0.4 is 10.1 Å². The van der Waals surface area contributed by atoms with Crippen LogP contribution in [0.1, 0.15) is 36.2 Å². The van der Waals surface area contributed by atoms with Gasteiger partial charge in [-0.05, 0) is 48.6 Å². The van der Waals surface area contributed by atoms with E-state index in [-0.39, 0.29) is 30.0 Å². The molecule has 0 spiro atoms. The Kier molecular flexibility index (Phi) is 7.15. The second-order valence-electron chi connectivity index (χ2n) is 7.13. The molecule has 0 aliphatic carbocycles. The van der Waals surface area contributed by atoms with Gasteiger partial charge in [0, 0.05) is 29.9 Å². The largest absolute Gasteiger partial charge is 0.496 e. The Morgan fingerprint density at radius 2 is 1.84 bits per heavy atom. The van der Waals surface area contributed by atoms with Crippen molar-refractivity contribution in [2.45, 2.75) is 39.3 Å². The fourth-order valence-corrected chi connectivity index (χ4v) is 3.52. The molecule has 0 aliphatic heterocycles. The highest BCUT2D eigenvalue weighted by atomic mass is 19.4. The van der Waals surface area contributed by atoms with Crippen molar-refractivity contribution in [1.29, 1.82) is 0 Å². The standard InChI is InChI=1S/C24H26F3N3O/c1-4-16-9-10-17(5-2)19(14-16)20-15-21(31-3)18(23(30-20)24(25,26)27)11-13-29-22-8-6-7-12-28-22/h6-10,12,14-15H,4-5,11,13H2,1-3H3,(H,28,29). The van der Waals surface area contributed by atoms with Gasteiger partial charge in [0.25, 0.3) is 0 Å². The number of aromatic nitrogens is 2. The van der Waals surface area contributed by atoms with Gasteiger partial charge in [-0.1, -0.05) is 32.0 Å². The summed E-state index contributed by atoms with van der Waals surface area (Å²) in [7, 11) is 1.39. The second-order valence-corrected chi connectivity index (χ2v) is 7.13. The van der Waals surface area contributed by atoms with Crippen LogP contribution in [0.4, 0.5) is 19.0 Å². The van der Waals surface area contributed by atoms with Crippen LogP contribution in [0.15, 0.2) is 48.7 Å². The molecule has 2 aromatic heterocycles. The SMILES string of the molecule is CCc1ccc(CC)c(-c2cc(OC)c(CCNc3ccccn3)c(C(F)(F)F)n2)c1. The van der Waals surface area contributed by atoms with Gasteiger partial charge in [0.2, 0.25) is 0 Å². The average Bonchev–Trinajstić information content (AvgIpc) is 2.78. The minimum atomic E-state index is -4.60. The zero-order valence-electron chi connectivity index (χ0n) is 17.9. The van der Waals surface area contributed by atoms with E-state index in [1.54, 1.807) is 24.4 Å². The van der Waals surface area contributed by atoms with Crippen LogP contribution in [-0.2, 0) is 25.4 Å². The minimum absolute atomic E-state index is 0.0341. The summed E-state index contributed by atoms with van der Waals surface area (Å²) in [5.74, 6) is 0.785. The van der Waals surface area contributed by atoms with Crippen LogP contribution in [0, 0.1) is 0 Å². The van der Waals surface area contributed by atoms with Crippen molar-refractivity contribution in [1.82, 2.24) is 9.97 Å². The van der Waals surface area contributed by atoms with Gasteiger partial charge in [0.15, 0.2) is 5.69 Å². The molecule has 0 saturated carbocycles. The number of alkyl halides is 3. The maximum absolute atomic E-state index is 14.0. The molecule has 164 valence electrons. The van der Waals surface area contributed by atoms with Gasteiger partial charge in [-0.3, -0.25) is 0 Å². The lowest BCUT2D eigenvalue weighted by molar-refractivity contribution is -0.141. The molecule has 0 amide bonds. The minimum Gasteiger partial charge on any atom is -0.496 e. The molecule has 0 aliphatic rings. The molecule has 1 aromatic carbocycles. The van der Waals surface area contributed by atoms with Crippen molar-refractivity contribution in [3.63, 3.8) is 0 Å². The first-order chi connectivity index (χ1) is 14.9. The van der Waals surface area contributed by atoms with Crippen molar-refractivity contribution < 1.29 is 17.9 Å². The summed E-state index contributed by atoms with van der Waals surface area (Å²) in [6, 6.07) is 12.8. The van der Waals surface area contributed by atoms with Crippen molar-refractivity contribution in [2.75, 3.05) is 19.0 Å². The number of hydrogen-bond acceptors (Lipinski definition) is 4. The molecule has 0 fully saturated rings. The number of aryl methyl sites for hydroxylation is 2. The lowest BCUT2D eigenvalue weighted by Gasteiger charge is -2.19. The van der Waals surface area contributed by atoms with Gasteiger partial charge in [0.1, 0.15) is 11.6 Å². The first-order valence-electron chi connectivity index (χ1n) is 10.3. The predicted molar refractivity (Wildman–Crippen MR) is 116 cm³/mol. The van der Waals surface area contributed by atoms with E-state index in [0.29, 0.717) is 17.8 Å². The van der Waals surface area contributed by atoms with Crippen LogP contribution in [0.5, 0.6) is 5.75 Å². The van der Waals surface area contributed by atoms with Gasteiger partial charge in [-0.15, -0.1) is 0 Å². The third-order valence-corrected chi connectivity index (χ3v) is 5.16. The molecule has 0 radical (unpaired) electrons. The van der Waals surface area contributed by atoms with Crippen molar-refractivity contribution >= 4 is 5.82 Å². The zero-order chi connectivity index (χ0) is 22.4. The molecular formula is C24H26F3N3O. The van der Waals surface area contributed by atoms with E-state index in [4.69, 9.17) is 4.74 Å². The maximum Gasteiger partial charge on any atom is 0.433 e. The first kappa shape index (κ1) is 22.6. The zero-order valence-corrected chi connectivity index (χ0v) is 17.9. The van der Waals surface area contributed by atoms with Gasteiger partial charge < -0.3 is 10.1 Å². The summed E-state index contributed by atoms with van der Waals surface area (Å²) in [6.45, 7) is 4.25. The number of anilines is 1. The van der Waals surface area contributed by atoms with Crippen LogP contribution in [0.2, 0.25) is 0 Å². The Bertz CT molecular complexity index is 1020. The summed E-state index contributed by atoms with van der Waals surface area (Å²) in [6.07, 6.45) is -1.40.